The van der Waals surface area contributed by atoms with E-state index in [1.807, 2.05) is 17.1 Å². The van der Waals surface area contributed by atoms with Gasteiger partial charge in [0.1, 0.15) is 5.72 Å². The van der Waals surface area contributed by atoms with Crippen molar-refractivity contribution in [3.63, 3.8) is 0 Å². The average Bonchev–Trinajstić information content (AvgIpc) is 2.66. The molecule has 0 bridgehead atoms. The van der Waals surface area contributed by atoms with E-state index in [-0.39, 0.29) is 12.1 Å². The summed E-state index contributed by atoms with van der Waals surface area (Å²) >= 11 is 0. The molecule has 0 spiro atoms. The second kappa shape index (κ2) is 9.50. The molecule has 0 aromatic heterocycles. The Labute approximate surface area is 169 Å². The SMILES string of the molecule is C=CCc1cc(CC=C)c2c(c1)N(C(CCC)N(C)C(C)(O)CO)C(=O)CC2. The van der Waals surface area contributed by atoms with Gasteiger partial charge in [-0.2, -0.15) is 0 Å². The maximum Gasteiger partial charge on any atom is 0.228 e. The molecule has 154 valence electrons. The third-order valence-electron chi connectivity index (χ3n) is 5.59. The number of rotatable bonds is 10. The molecule has 0 fully saturated rings. The van der Waals surface area contributed by atoms with Gasteiger partial charge in [0.2, 0.25) is 5.91 Å². The Kier molecular flexibility index (Phi) is 7.58. The maximum absolute atomic E-state index is 13.0. The largest absolute Gasteiger partial charge is 0.392 e. The fourth-order valence-corrected chi connectivity index (χ4v) is 3.91. The number of amides is 1. The highest BCUT2D eigenvalue weighted by Gasteiger charge is 2.39. The quantitative estimate of drug-likeness (QED) is 0.479. The van der Waals surface area contributed by atoms with E-state index in [9.17, 15) is 15.0 Å². The van der Waals surface area contributed by atoms with Crippen molar-refractivity contribution in [2.24, 2.45) is 0 Å². The van der Waals surface area contributed by atoms with Crippen LogP contribution in [-0.2, 0) is 24.1 Å². The molecular formula is C23H34N2O3. The van der Waals surface area contributed by atoms with Gasteiger partial charge in [-0.25, -0.2) is 0 Å². The van der Waals surface area contributed by atoms with E-state index in [0.717, 1.165) is 30.5 Å². The van der Waals surface area contributed by atoms with Crippen LogP contribution in [0.3, 0.4) is 0 Å². The van der Waals surface area contributed by atoms with Crippen molar-refractivity contribution in [2.75, 3.05) is 18.6 Å². The molecule has 1 aliphatic rings. The third-order valence-corrected chi connectivity index (χ3v) is 5.59. The van der Waals surface area contributed by atoms with E-state index in [2.05, 4.69) is 32.2 Å². The summed E-state index contributed by atoms with van der Waals surface area (Å²) in [4.78, 5) is 16.6. The molecule has 0 saturated heterocycles. The molecule has 1 aromatic carbocycles. The van der Waals surface area contributed by atoms with Crippen molar-refractivity contribution in [1.82, 2.24) is 4.90 Å². The number of nitrogens with zero attached hydrogens (tertiary/aromatic N) is 2. The molecule has 1 aromatic rings. The van der Waals surface area contributed by atoms with Crippen LogP contribution in [0.25, 0.3) is 0 Å². The van der Waals surface area contributed by atoms with Crippen LogP contribution in [0.4, 0.5) is 5.69 Å². The summed E-state index contributed by atoms with van der Waals surface area (Å²) in [6.45, 7) is 10.9. The zero-order valence-electron chi connectivity index (χ0n) is 17.4. The molecule has 5 nitrogen and oxygen atoms in total. The number of allylic oxidation sites excluding steroid dienone is 2. The molecule has 0 radical (unpaired) electrons. The highest BCUT2D eigenvalue weighted by atomic mass is 16.3. The number of fused-ring (bicyclic) bond motifs is 1. The van der Waals surface area contributed by atoms with Gasteiger partial charge in [-0.15, -0.1) is 13.2 Å². The van der Waals surface area contributed by atoms with Crippen molar-refractivity contribution in [3.05, 3.63) is 54.1 Å². The highest BCUT2D eigenvalue weighted by molar-refractivity contribution is 5.97. The van der Waals surface area contributed by atoms with Crippen LogP contribution in [-0.4, -0.2) is 46.6 Å². The standard InChI is InChI=1S/C23H34N2O3/c1-6-9-17-14-18(10-7-2)19-12-13-22(27)25(20(19)15-17)21(11-8-3)24(5)23(4,28)16-26/h6-7,14-15,21,26,28H,1-2,8-13,16H2,3-5H3. The van der Waals surface area contributed by atoms with E-state index in [1.54, 1.807) is 18.9 Å². The monoisotopic (exact) mass is 386 g/mol. The summed E-state index contributed by atoms with van der Waals surface area (Å²) in [6, 6.07) is 4.25. The van der Waals surface area contributed by atoms with Crippen LogP contribution in [0, 0.1) is 0 Å². The molecule has 0 saturated carbocycles. The number of benzene rings is 1. The zero-order chi connectivity index (χ0) is 20.9. The molecule has 28 heavy (non-hydrogen) atoms. The van der Waals surface area contributed by atoms with Crippen molar-refractivity contribution in [3.8, 4) is 0 Å². The lowest BCUT2D eigenvalue weighted by molar-refractivity contribution is -0.138. The van der Waals surface area contributed by atoms with Gasteiger partial charge in [-0.1, -0.05) is 31.6 Å². The highest BCUT2D eigenvalue weighted by Crippen LogP contribution is 2.36. The predicted octanol–water partition coefficient (Wildman–Crippen LogP) is 3.18. The molecule has 2 rings (SSSR count). The fraction of sp³-hybridized carbons (Fsp3) is 0.522. The molecule has 0 aliphatic carbocycles. The molecule has 5 heteroatoms. The number of anilines is 1. The van der Waals surface area contributed by atoms with Gasteiger partial charge in [0.15, 0.2) is 0 Å². The Morgan fingerprint density at radius 3 is 2.54 bits per heavy atom. The Balaban J connectivity index is 2.62. The minimum absolute atomic E-state index is 0.0480. The summed E-state index contributed by atoms with van der Waals surface area (Å²) in [5.74, 6) is 0.0480. The van der Waals surface area contributed by atoms with Crippen molar-refractivity contribution in [2.45, 2.75) is 64.3 Å². The van der Waals surface area contributed by atoms with E-state index >= 15 is 0 Å². The molecule has 2 N–H and O–H groups in total. The van der Waals surface area contributed by atoms with Crippen LogP contribution in [0.5, 0.6) is 0 Å². The third kappa shape index (κ3) is 4.54. The molecule has 2 atom stereocenters. The number of aliphatic hydroxyl groups excluding tert-OH is 1. The van der Waals surface area contributed by atoms with Gasteiger partial charge in [0.25, 0.3) is 0 Å². The van der Waals surface area contributed by atoms with E-state index < -0.39 is 12.3 Å². The average molecular weight is 387 g/mol. The van der Waals surface area contributed by atoms with Gasteiger partial charge in [-0.3, -0.25) is 14.6 Å². The van der Waals surface area contributed by atoms with Gasteiger partial charge < -0.3 is 10.2 Å². The topological polar surface area (TPSA) is 64.0 Å². The molecule has 1 aliphatic heterocycles. The smallest absolute Gasteiger partial charge is 0.228 e. The van der Waals surface area contributed by atoms with Crippen molar-refractivity contribution in [1.29, 1.82) is 0 Å². The van der Waals surface area contributed by atoms with Crippen molar-refractivity contribution < 1.29 is 15.0 Å². The lowest BCUT2D eigenvalue weighted by Gasteiger charge is -2.46. The first-order chi connectivity index (χ1) is 13.3. The lowest BCUT2D eigenvalue weighted by atomic mass is 9.90. The molecule has 1 heterocycles. The van der Waals surface area contributed by atoms with E-state index in [4.69, 9.17) is 0 Å². The summed E-state index contributed by atoms with van der Waals surface area (Å²) in [5.41, 5.74) is 2.96. The summed E-state index contributed by atoms with van der Waals surface area (Å²) in [6.07, 6.45) is 7.58. The van der Waals surface area contributed by atoms with E-state index in [0.29, 0.717) is 19.3 Å². The van der Waals surface area contributed by atoms with Crippen LogP contribution in [0.15, 0.2) is 37.4 Å². The van der Waals surface area contributed by atoms with Crippen LogP contribution in [0.1, 0.15) is 49.8 Å². The van der Waals surface area contributed by atoms with Crippen LogP contribution < -0.4 is 4.90 Å². The number of aliphatic hydroxyl groups is 2. The minimum Gasteiger partial charge on any atom is -0.392 e. The van der Waals surface area contributed by atoms with Gasteiger partial charge >= 0.3 is 0 Å². The van der Waals surface area contributed by atoms with E-state index in [1.165, 1.54) is 11.1 Å². The Morgan fingerprint density at radius 2 is 1.96 bits per heavy atom. The summed E-state index contributed by atoms with van der Waals surface area (Å²) in [7, 11) is 1.76. The normalized spacial score (nSPS) is 17.2. The van der Waals surface area contributed by atoms with Gasteiger partial charge in [0.05, 0.1) is 12.8 Å². The zero-order valence-corrected chi connectivity index (χ0v) is 17.4. The number of hydrogen-bond acceptors (Lipinski definition) is 4. The maximum atomic E-state index is 13.0. The van der Waals surface area contributed by atoms with Gasteiger partial charge in [-0.05, 0) is 62.4 Å². The Bertz CT molecular complexity index is 727. The Hall–Kier alpha value is -1.95. The second-order valence-electron chi connectivity index (χ2n) is 7.76. The predicted molar refractivity (Wildman–Crippen MR) is 114 cm³/mol. The number of hydrogen-bond donors (Lipinski definition) is 2. The molecular weight excluding hydrogens is 352 g/mol. The first-order valence-corrected chi connectivity index (χ1v) is 10.0. The van der Waals surface area contributed by atoms with Crippen LogP contribution in [0.2, 0.25) is 0 Å². The second-order valence-corrected chi connectivity index (χ2v) is 7.76. The minimum atomic E-state index is -1.42. The number of carbonyl (C=O) groups excluding carboxylic acids is 1. The van der Waals surface area contributed by atoms with Crippen molar-refractivity contribution >= 4 is 11.6 Å². The number of likely N-dealkylation sites (N-methyl/N-ethyl adjacent to an activating group) is 1. The summed E-state index contributed by atoms with van der Waals surface area (Å²) in [5, 5.41) is 20.3. The van der Waals surface area contributed by atoms with Gasteiger partial charge in [0, 0.05) is 12.1 Å². The first kappa shape index (κ1) is 22.3. The first-order valence-electron chi connectivity index (χ1n) is 10.0. The lowest BCUT2D eigenvalue weighted by Crippen LogP contribution is -2.60. The molecule has 1 amide bonds. The molecule has 2 unspecified atom stereocenters. The van der Waals surface area contributed by atoms with Crippen LogP contribution >= 0.6 is 0 Å². The fourth-order valence-electron chi connectivity index (χ4n) is 3.91. The number of carbonyl (C=O) groups is 1. The summed E-state index contributed by atoms with van der Waals surface area (Å²) < 4.78 is 0. The Morgan fingerprint density at radius 1 is 1.29 bits per heavy atom.